The van der Waals surface area contributed by atoms with Crippen molar-refractivity contribution in [2.75, 3.05) is 25.0 Å². The van der Waals surface area contributed by atoms with E-state index in [1.54, 1.807) is 33.1 Å². The highest BCUT2D eigenvalue weighted by atomic mass is 16.5. The second kappa shape index (κ2) is 14.3. The van der Waals surface area contributed by atoms with Gasteiger partial charge in [-0.15, -0.1) is 0 Å². The lowest BCUT2D eigenvalue weighted by molar-refractivity contribution is -0.135. The van der Waals surface area contributed by atoms with E-state index in [2.05, 4.69) is 48.6 Å². The van der Waals surface area contributed by atoms with Crippen LogP contribution < -0.4 is 21.1 Å². The van der Waals surface area contributed by atoms with E-state index in [0.29, 0.717) is 47.1 Å². The molecule has 0 spiro atoms. The molecule has 1 unspecified atom stereocenters. The Bertz CT molecular complexity index is 2600. The Morgan fingerprint density at radius 2 is 1.77 bits per heavy atom. The van der Waals surface area contributed by atoms with Gasteiger partial charge in [0.05, 0.1) is 40.5 Å². The first kappa shape index (κ1) is 35.6. The van der Waals surface area contributed by atoms with Crippen molar-refractivity contribution in [2.24, 2.45) is 13.0 Å². The number of benzene rings is 2. The van der Waals surface area contributed by atoms with Crippen LogP contribution in [0.5, 0.6) is 5.75 Å². The fourth-order valence-corrected chi connectivity index (χ4v) is 9.27. The molecule has 3 amide bonds. The highest BCUT2D eigenvalue weighted by molar-refractivity contribution is 6.08. The molecule has 294 valence electrons. The minimum Gasteiger partial charge on any atom is -0.490 e. The Morgan fingerprint density at radius 3 is 2.56 bits per heavy atom. The lowest BCUT2D eigenvalue weighted by Gasteiger charge is -2.36. The summed E-state index contributed by atoms with van der Waals surface area (Å²) in [5.41, 5.74) is 4.51. The van der Waals surface area contributed by atoms with E-state index in [4.69, 9.17) is 9.84 Å². The van der Waals surface area contributed by atoms with Crippen molar-refractivity contribution in [1.29, 1.82) is 0 Å². The van der Waals surface area contributed by atoms with Crippen molar-refractivity contribution in [3.05, 3.63) is 82.7 Å². The van der Waals surface area contributed by atoms with E-state index in [0.717, 1.165) is 92.9 Å². The number of carbonyl (C=O) groups is 3. The number of imidazole rings is 2. The average molecular weight is 771 g/mol. The summed E-state index contributed by atoms with van der Waals surface area (Å²) >= 11 is 0. The third-order valence-corrected chi connectivity index (χ3v) is 12.6. The number of hydrogen-bond donors (Lipinski definition) is 2. The Balaban J connectivity index is 0.762. The molecule has 15 heteroatoms. The normalized spacial score (nSPS) is 22.4. The zero-order valence-electron chi connectivity index (χ0n) is 32.0. The van der Waals surface area contributed by atoms with E-state index >= 15 is 0 Å². The number of aromatic nitrogens is 7. The van der Waals surface area contributed by atoms with Crippen LogP contribution in [0.25, 0.3) is 27.6 Å². The average Bonchev–Trinajstić information content (AvgIpc) is 3.71. The quantitative estimate of drug-likeness (QED) is 0.190. The van der Waals surface area contributed by atoms with Gasteiger partial charge in [-0.2, -0.15) is 14.7 Å². The van der Waals surface area contributed by atoms with Gasteiger partial charge in [0.1, 0.15) is 11.8 Å². The summed E-state index contributed by atoms with van der Waals surface area (Å²) in [4.78, 5) is 58.2. The molecule has 10 rings (SSSR count). The second-order valence-corrected chi connectivity index (χ2v) is 16.4. The van der Waals surface area contributed by atoms with Crippen LogP contribution in [-0.4, -0.2) is 81.9 Å². The predicted octanol–water partition coefficient (Wildman–Crippen LogP) is 5.11. The molecular weight excluding hydrogens is 725 g/mol. The fraction of sp³-hybridized carbons (Fsp3) is 0.452. The van der Waals surface area contributed by atoms with E-state index in [1.165, 1.54) is 5.56 Å². The van der Waals surface area contributed by atoms with Gasteiger partial charge in [-0.3, -0.25) is 33.5 Å². The first-order valence-electron chi connectivity index (χ1n) is 20.3. The number of likely N-dealkylation sites (tertiary alicyclic amines) is 1. The Morgan fingerprint density at radius 1 is 0.947 bits per heavy atom. The van der Waals surface area contributed by atoms with E-state index in [9.17, 15) is 19.2 Å². The minimum atomic E-state index is -0.677. The van der Waals surface area contributed by atoms with Crippen molar-refractivity contribution in [1.82, 2.24) is 43.7 Å². The van der Waals surface area contributed by atoms with Crippen molar-refractivity contribution < 1.29 is 19.1 Å². The molecule has 2 aromatic carbocycles. The Kier molecular flexibility index (Phi) is 8.91. The number of hydrogen-bond acceptors (Lipinski definition) is 9. The number of fused-ring (bicyclic) bond motifs is 3. The molecule has 2 saturated heterocycles. The molecule has 4 aromatic heterocycles. The molecule has 4 fully saturated rings. The second-order valence-electron chi connectivity index (χ2n) is 16.4. The first-order valence-corrected chi connectivity index (χ1v) is 20.3. The molecule has 2 saturated carbocycles. The van der Waals surface area contributed by atoms with Crippen molar-refractivity contribution >= 4 is 51.1 Å². The van der Waals surface area contributed by atoms with Gasteiger partial charge in [-0.1, -0.05) is 6.07 Å². The highest BCUT2D eigenvalue weighted by Crippen LogP contribution is 2.37. The van der Waals surface area contributed by atoms with Crippen LogP contribution >= 0.6 is 0 Å². The minimum absolute atomic E-state index is 0.127. The maximum Gasteiger partial charge on any atom is 0.329 e. The summed E-state index contributed by atoms with van der Waals surface area (Å²) in [7, 11) is 1.75. The SMILES string of the molecule is Cn1c(=O)n(C2CCC(=O)NC2=O)c2ccc(C3CCN(CC4CCC(n5cc6cc(C(=O)Nc7cnc8cccnn78)c(OC7CC7)cc6n5)CC4)CC3)cc21. The van der Waals surface area contributed by atoms with Crippen LogP contribution in [0.15, 0.2) is 65.8 Å². The number of carbonyl (C=O) groups excluding carboxylic acids is 3. The molecule has 1 atom stereocenters. The Hall–Kier alpha value is -5.83. The van der Waals surface area contributed by atoms with Crippen LogP contribution in [-0.2, 0) is 16.6 Å². The summed E-state index contributed by atoms with van der Waals surface area (Å²) < 4.78 is 13.1. The maximum absolute atomic E-state index is 13.6. The highest BCUT2D eigenvalue weighted by Gasteiger charge is 2.33. The van der Waals surface area contributed by atoms with E-state index in [-0.39, 0.29) is 30.0 Å². The van der Waals surface area contributed by atoms with E-state index in [1.807, 2.05) is 30.3 Å². The molecular formula is C42H46N10O5. The number of ether oxygens (including phenoxy) is 1. The monoisotopic (exact) mass is 770 g/mol. The number of rotatable bonds is 9. The molecule has 0 radical (unpaired) electrons. The van der Waals surface area contributed by atoms with Crippen molar-refractivity contribution in [2.45, 2.75) is 88.3 Å². The Labute approximate surface area is 328 Å². The number of anilines is 1. The van der Waals surface area contributed by atoms with Gasteiger partial charge >= 0.3 is 5.69 Å². The lowest BCUT2D eigenvalue weighted by Crippen LogP contribution is -2.44. The zero-order valence-corrected chi connectivity index (χ0v) is 32.0. The topological polar surface area (TPSA) is 163 Å². The van der Waals surface area contributed by atoms with Crippen LogP contribution in [0, 0.1) is 5.92 Å². The maximum atomic E-state index is 13.6. The summed E-state index contributed by atoms with van der Waals surface area (Å²) in [6.45, 7) is 3.18. The number of nitrogens with one attached hydrogen (secondary N) is 2. The largest absolute Gasteiger partial charge is 0.490 e. The number of piperidine rings is 2. The van der Waals surface area contributed by atoms with Gasteiger partial charge in [0, 0.05) is 43.9 Å². The molecule has 15 nitrogen and oxygen atoms in total. The van der Waals surface area contributed by atoms with Crippen molar-refractivity contribution in [3.63, 3.8) is 0 Å². The fourth-order valence-electron chi connectivity index (χ4n) is 9.27. The standard InChI is InChI=1S/C42H46N10O5/c1-48-35-20-27(6-11-33(35)51(42(48)56)34-12-13-39(53)46-41(34)55)26-14-17-49(18-15-26)23-25-4-7-29(8-5-25)50-24-28-19-31(36(21-32(28)47-50)57-30-9-10-30)40(54)45-38-22-43-37-3-2-16-44-52(37)38/h2-3,6,11,16,19-22,24-26,29-30,34H,4-5,7-10,12-15,17-18,23H2,1H3,(H,45,54)(H,46,53,55). The summed E-state index contributed by atoms with van der Waals surface area (Å²) in [6.07, 6.45) is 14.5. The molecule has 57 heavy (non-hydrogen) atoms. The molecule has 2 aliphatic carbocycles. The van der Waals surface area contributed by atoms with Crippen LogP contribution in [0.2, 0.25) is 0 Å². The smallest absolute Gasteiger partial charge is 0.329 e. The molecule has 4 aliphatic rings. The lowest BCUT2D eigenvalue weighted by atomic mass is 9.84. The summed E-state index contributed by atoms with van der Waals surface area (Å²) in [5.74, 6) is 1.13. The molecule has 6 heterocycles. The molecule has 0 bridgehead atoms. The number of amides is 3. The number of aryl methyl sites for hydroxylation is 1. The van der Waals surface area contributed by atoms with Gasteiger partial charge in [0.25, 0.3) is 5.91 Å². The molecule has 2 aliphatic heterocycles. The third-order valence-electron chi connectivity index (χ3n) is 12.6. The first-order chi connectivity index (χ1) is 27.8. The van der Waals surface area contributed by atoms with E-state index < -0.39 is 11.9 Å². The molecule has 6 aromatic rings. The van der Waals surface area contributed by atoms with Gasteiger partial charge in [0.2, 0.25) is 11.8 Å². The number of imide groups is 1. The third kappa shape index (κ3) is 6.77. The van der Waals surface area contributed by atoms with Crippen LogP contribution in [0.3, 0.4) is 0 Å². The van der Waals surface area contributed by atoms with Crippen molar-refractivity contribution in [3.8, 4) is 5.75 Å². The summed E-state index contributed by atoms with van der Waals surface area (Å²) in [5, 5.41) is 15.6. The van der Waals surface area contributed by atoms with Gasteiger partial charge in [-0.05, 0) is 119 Å². The van der Waals surface area contributed by atoms with Gasteiger partial charge in [-0.25, -0.2) is 9.78 Å². The predicted molar refractivity (Wildman–Crippen MR) is 212 cm³/mol. The number of nitrogens with zero attached hydrogens (tertiary/aromatic N) is 8. The molecule has 2 N–H and O–H groups in total. The zero-order chi connectivity index (χ0) is 38.8. The van der Waals surface area contributed by atoms with Gasteiger partial charge < -0.3 is 15.0 Å². The summed E-state index contributed by atoms with van der Waals surface area (Å²) in [6, 6.07) is 13.3. The van der Waals surface area contributed by atoms with Gasteiger partial charge in [0.15, 0.2) is 11.5 Å². The van der Waals surface area contributed by atoms with Crippen LogP contribution in [0.1, 0.15) is 98.1 Å². The van der Waals surface area contributed by atoms with Crippen LogP contribution in [0.4, 0.5) is 5.82 Å².